The van der Waals surface area contributed by atoms with Gasteiger partial charge in [-0.1, -0.05) is 13.8 Å². The molecule has 1 aliphatic carbocycles. The lowest BCUT2D eigenvalue weighted by Gasteiger charge is -2.60. The van der Waals surface area contributed by atoms with Crippen molar-refractivity contribution < 1.29 is 19.4 Å². The number of nitrogens with two attached hydrogens (primary N) is 1. The number of amides is 1. The van der Waals surface area contributed by atoms with Gasteiger partial charge in [0.05, 0.1) is 12.2 Å². The molecule has 120 valence electrons. The van der Waals surface area contributed by atoms with Crippen molar-refractivity contribution in [1.29, 1.82) is 0 Å². The summed E-state index contributed by atoms with van der Waals surface area (Å²) < 4.78 is 11.1. The second-order valence-corrected chi connectivity index (χ2v) is 7.33. The van der Waals surface area contributed by atoms with Crippen molar-refractivity contribution in [3.63, 3.8) is 0 Å². The van der Waals surface area contributed by atoms with E-state index in [4.69, 9.17) is 15.2 Å². The number of nitrogens with one attached hydrogen (secondary N) is 1. The molecule has 21 heavy (non-hydrogen) atoms. The summed E-state index contributed by atoms with van der Waals surface area (Å²) >= 11 is 0. The van der Waals surface area contributed by atoms with E-state index in [1.54, 1.807) is 0 Å². The van der Waals surface area contributed by atoms with Crippen molar-refractivity contribution in [2.45, 2.75) is 57.0 Å². The minimum Gasteiger partial charge on any atom is -0.385 e. The quantitative estimate of drug-likeness (QED) is 0.670. The van der Waals surface area contributed by atoms with E-state index in [9.17, 15) is 9.90 Å². The monoisotopic (exact) mass is 298 g/mol. The van der Waals surface area contributed by atoms with Gasteiger partial charge in [-0.15, -0.1) is 0 Å². The molecule has 2 saturated heterocycles. The summed E-state index contributed by atoms with van der Waals surface area (Å²) in [5.41, 5.74) is 4.16. The highest BCUT2D eigenvalue weighted by molar-refractivity contribution is 5.89. The van der Waals surface area contributed by atoms with Crippen LogP contribution in [0.3, 0.4) is 0 Å². The molecule has 2 heterocycles. The molecular formula is C15H26N2O4. The first kappa shape index (κ1) is 15.2. The fourth-order valence-electron chi connectivity index (χ4n) is 4.23. The van der Waals surface area contributed by atoms with Crippen LogP contribution in [0.15, 0.2) is 0 Å². The largest absolute Gasteiger partial charge is 0.385 e. The predicted octanol–water partition coefficient (Wildman–Crippen LogP) is -0.215. The first-order valence-corrected chi connectivity index (χ1v) is 7.76. The van der Waals surface area contributed by atoms with Crippen LogP contribution >= 0.6 is 0 Å². The van der Waals surface area contributed by atoms with E-state index in [0.717, 1.165) is 6.42 Å². The number of fused-ring (bicyclic) bond motifs is 1. The highest BCUT2D eigenvalue weighted by Crippen LogP contribution is 2.58. The highest BCUT2D eigenvalue weighted by atomic mass is 16.5. The van der Waals surface area contributed by atoms with Crippen LogP contribution in [0.4, 0.5) is 0 Å². The summed E-state index contributed by atoms with van der Waals surface area (Å²) in [6.45, 7) is 7.15. The molecule has 1 saturated carbocycles. The van der Waals surface area contributed by atoms with Gasteiger partial charge in [0.1, 0.15) is 11.1 Å². The van der Waals surface area contributed by atoms with Gasteiger partial charge >= 0.3 is 0 Å². The Kier molecular flexibility index (Phi) is 3.37. The molecule has 0 aromatic carbocycles. The lowest BCUT2D eigenvalue weighted by Crippen LogP contribution is -2.80. The Morgan fingerprint density at radius 3 is 2.71 bits per heavy atom. The lowest BCUT2D eigenvalue weighted by atomic mass is 9.48. The molecule has 0 spiro atoms. The molecule has 0 aromatic rings. The summed E-state index contributed by atoms with van der Waals surface area (Å²) in [7, 11) is 0. The third-order valence-corrected chi connectivity index (χ3v) is 6.04. The third-order valence-electron chi connectivity index (χ3n) is 6.04. The molecule has 6 heteroatoms. The number of aliphatic hydroxyl groups is 1. The lowest BCUT2D eigenvalue weighted by molar-refractivity contribution is -0.176. The van der Waals surface area contributed by atoms with Crippen LogP contribution in [0.5, 0.6) is 0 Å². The van der Waals surface area contributed by atoms with E-state index < -0.39 is 16.6 Å². The maximum Gasteiger partial charge on any atom is 0.241 e. The molecule has 1 amide bonds. The van der Waals surface area contributed by atoms with Gasteiger partial charge in [-0.25, -0.2) is 0 Å². The van der Waals surface area contributed by atoms with Gasteiger partial charge < -0.3 is 25.6 Å². The molecule has 0 bridgehead atoms. The standard InChI is InChI=1S/C15H26N2O4/c1-9-14(19,5-7-20-9)8-17-12(18)15(16)10-4-6-21-11(10)13(15,2)3/h9-11,19H,4-8,16H2,1-3H3,(H,17,18). The van der Waals surface area contributed by atoms with E-state index in [2.05, 4.69) is 5.32 Å². The van der Waals surface area contributed by atoms with Crippen LogP contribution in [0, 0.1) is 11.3 Å². The summed E-state index contributed by atoms with van der Waals surface area (Å²) in [6.07, 6.45) is 1.14. The Bertz CT molecular complexity index is 455. The fourth-order valence-corrected chi connectivity index (χ4v) is 4.23. The number of ether oxygens (including phenoxy) is 2. The molecule has 3 fully saturated rings. The summed E-state index contributed by atoms with van der Waals surface area (Å²) in [6, 6.07) is 0. The molecular weight excluding hydrogens is 272 g/mol. The van der Waals surface area contributed by atoms with Gasteiger partial charge in [0.25, 0.3) is 0 Å². The minimum atomic E-state index is -0.995. The Labute approximate surface area is 125 Å². The Morgan fingerprint density at radius 1 is 1.38 bits per heavy atom. The molecule has 5 atom stereocenters. The summed E-state index contributed by atoms with van der Waals surface area (Å²) in [4.78, 5) is 12.7. The number of rotatable bonds is 3. The van der Waals surface area contributed by atoms with E-state index in [0.29, 0.717) is 19.6 Å². The van der Waals surface area contributed by atoms with Crippen LogP contribution in [-0.4, -0.2) is 54.1 Å². The zero-order valence-electron chi connectivity index (χ0n) is 13.0. The molecule has 0 radical (unpaired) electrons. The Balaban J connectivity index is 1.68. The maximum absolute atomic E-state index is 12.7. The van der Waals surface area contributed by atoms with Gasteiger partial charge in [-0.05, 0) is 13.3 Å². The first-order valence-electron chi connectivity index (χ1n) is 7.76. The first-order chi connectivity index (χ1) is 9.73. The third kappa shape index (κ3) is 1.89. The smallest absolute Gasteiger partial charge is 0.241 e. The second kappa shape index (κ2) is 4.65. The number of hydrogen-bond acceptors (Lipinski definition) is 5. The van der Waals surface area contributed by atoms with Crippen molar-refractivity contribution >= 4 is 5.91 Å². The zero-order chi connectivity index (χ0) is 15.5. The van der Waals surface area contributed by atoms with Gasteiger partial charge in [0.2, 0.25) is 5.91 Å². The van der Waals surface area contributed by atoms with Crippen LogP contribution in [0.1, 0.15) is 33.6 Å². The molecule has 3 rings (SSSR count). The highest BCUT2D eigenvalue weighted by Gasteiger charge is 2.71. The van der Waals surface area contributed by atoms with Crippen LogP contribution in [0.25, 0.3) is 0 Å². The fraction of sp³-hybridized carbons (Fsp3) is 0.933. The maximum atomic E-state index is 12.7. The molecule has 3 aliphatic rings. The minimum absolute atomic E-state index is 0.0603. The van der Waals surface area contributed by atoms with Gasteiger partial charge in [-0.2, -0.15) is 0 Å². The molecule has 2 aliphatic heterocycles. The SMILES string of the molecule is CC1OCCC1(O)CNC(=O)C1(N)C2CCOC2C1(C)C. The number of hydrogen-bond donors (Lipinski definition) is 3. The van der Waals surface area contributed by atoms with Crippen LogP contribution in [-0.2, 0) is 14.3 Å². The predicted molar refractivity (Wildman–Crippen MR) is 76.5 cm³/mol. The molecule has 0 aromatic heterocycles. The van der Waals surface area contributed by atoms with Crippen molar-refractivity contribution in [2.24, 2.45) is 17.1 Å². The van der Waals surface area contributed by atoms with E-state index in [-0.39, 0.29) is 30.6 Å². The van der Waals surface area contributed by atoms with Crippen LogP contribution < -0.4 is 11.1 Å². The molecule has 4 N–H and O–H groups in total. The van der Waals surface area contributed by atoms with Crippen molar-refractivity contribution in [1.82, 2.24) is 5.32 Å². The van der Waals surface area contributed by atoms with Crippen LogP contribution in [0.2, 0.25) is 0 Å². The average molecular weight is 298 g/mol. The normalized spacial score (nSPS) is 47.8. The van der Waals surface area contributed by atoms with Crippen molar-refractivity contribution in [2.75, 3.05) is 19.8 Å². The average Bonchev–Trinajstić information content (AvgIpc) is 3.03. The number of carbonyl (C=O) groups excluding carboxylic acids is 1. The Hall–Kier alpha value is -0.690. The number of carbonyl (C=O) groups is 1. The van der Waals surface area contributed by atoms with E-state index >= 15 is 0 Å². The molecule has 6 nitrogen and oxygen atoms in total. The Morgan fingerprint density at radius 2 is 2.10 bits per heavy atom. The summed E-state index contributed by atoms with van der Waals surface area (Å²) in [5.74, 6) is -0.119. The zero-order valence-corrected chi connectivity index (χ0v) is 13.0. The summed E-state index contributed by atoms with van der Waals surface area (Å²) in [5, 5.41) is 13.3. The van der Waals surface area contributed by atoms with Crippen molar-refractivity contribution in [3.8, 4) is 0 Å². The van der Waals surface area contributed by atoms with Gasteiger partial charge in [-0.3, -0.25) is 4.79 Å². The van der Waals surface area contributed by atoms with Gasteiger partial charge in [0.15, 0.2) is 0 Å². The topological polar surface area (TPSA) is 93.8 Å². The van der Waals surface area contributed by atoms with E-state index in [1.165, 1.54) is 0 Å². The van der Waals surface area contributed by atoms with Gasteiger partial charge in [0, 0.05) is 37.5 Å². The van der Waals surface area contributed by atoms with Crippen molar-refractivity contribution in [3.05, 3.63) is 0 Å². The second-order valence-electron chi connectivity index (χ2n) is 7.33. The molecule has 5 unspecified atom stereocenters. The van der Waals surface area contributed by atoms with E-state index in [1.807, 2.05) is 20.8 Å².